The number of carbonyl (C=O) groups is 2. The maximum Gasteiger partial charge on any atom is 0.303 e. The maximum atomic E-state index is 13.2. The lowest BCUT2D eigenvalue weighted by Gasteiger charge is -2.35. The van der Waals surface area contributed by atoms with Crippen molar-refractivity contribution in [3.8, 4) is 5.75 Å². The number of piperazine rings is 1. The Hall–Kier alpha value is -3.91. The number of benzene rings is 2. The number of hydrogen-bond donors (Lipinski definition) is 0. The number of ether oxygens (including phenoxy) is 2. The van der Waals surface area contributed by atoms with E-state index in [2.05, 4.69) is 37.8 Å². The molecule has 8 nitrogen and oxygen atoms in total. The van der Waals surface area contributed by atoms with Crippen LogP contribution in [0, 0.1) is 0 Å². The zero-order valence-corrected chi connectivity index (χ0v) is 23.0. The average Bonchev–Trinajstić information content (AvgIpc) is 2.91. The fourth-order valence-corrected chi connectivity index (χ4v) is 4.46. The quantitative estimate of drug-likeness (QED) is 0.396. The van der Waals surface area contributed by atoms with Gasteiger partial charge in [0.15, 0.2) is 0 Å². The minimum atomic E-state index is -0.961. The molecule has 1 aliphatic heterocycles. The summed E-state index contributed by atoms with van der Waals surface area (Å²) < 4.78 is 16.8. The third kappa shape index (κ3) is 7.57. The Labute approximate surface area is 229 Å². The maximum absolute atomic E-state index is 13.2. The van der Waals surface area contributed by atoms with Gasteiger partial charge in [-0.3, -0.25) is 19.3 Å². The Morgan fingerprint density at radius 3 is 2.23 bits per heavy atom. The SMILES string of the molecule is CC(=O)O[C@H](C(=O)N1CCN(Cc2cc(=O)c(OCc3ccc(C(C)(C)C)cc3)co2)CC1)c1ccccc1. The topological polar surface area (TPSA) is 89.3 Å². The molecule has 0 spiro atoms. The first-order chi connectivity index (χ1) is 18.6. The molecule has 8 heteroatoms. The summed E-state index contributed by atoms with van der Waals surface area (Å²) in [6.45, 7) is 10.7. The van der Waals surface area contributed by atoms with Crippen LogP contribution >= 0.6 is 0 Å². The fraction of sp³-hybridized carbons (Fsp3) is 0.387. The molecule has 206 valence electrons. The molecule has 2 aromatic carbocycles. The highest BCUT2D eigenvalue weighted by Gasteiger charge is 2.31. The number of hydrogen-bond acceptors (Lipinski definition) is 7. The van der Waals surface area contributed by atoms with E-state index < -0.39 is 12.1 Å². The molecule has 1 fully saturated rings. The van der Waals surface area contributed by atoms with Gasteiger partial charge >= 0.3 is 5.97 Å². The van der Waals surface area contributed by atoms with Crippen LogP contribution in [0.4, 0.5) is 0 Å². The molecule has 1 aromatic heterocycles. The van der Waals surface area contributed by atoms with Gasteiger partial charge in [-0.1, -0.05) is 75.4 Å². The summed E-state index contributed by atoms with van der Waals surface area (Å²) in [4.78, 5) is 41.2. The van der Waals surface area contributed by atoms with Crippen LogP contribution in [0.5, 0.6) is 5.75 Å². The van der Waals surface area contributed by atoms with Crippen LogP contribution in [0.2, 0.25) is 0 Å². The molecule has 1 amide bonds. The van der Waals surface area contributed by atoms with E-state index in [1.165, 1.54) is 24.8 Å². The van der Waals surface area contributed by atoms with Crippen molar-refractivity contribution in [2.45, 2.75) is 52.4 Å². The minimum Gasteiger partial charge on any atom is -0.482 e. The largest absolute Gasteiger partial charge is 0.482 e. The molecule has 0 aliphatic carbocycles. The molecule has 0 unspecified atom stereocenters. The van der Waals surface area contributed by atoms with E-state index in [0.717, 1.165) is 5.56 Å². The van der Waals surface area contributed by atoms with Crippen molar-refractivity contribution in [1.82, 2.24) is 9.80 Å². The molecule has 0 N–H and O–H groups in total. The molecule has 1 atom stereocenters. The number of rotatable bonds is 8. The second kappa shape index (κ2) is 12.3. The Balaban J connectivity index is 1.30. The fourth-order valence-electron chi connectivity index (χ4n) is 4.46. The molecule has 0 bridgehead atoms. The van der Waals surface area contributed by atoms with Crippen LogP contribution in [0.1, 0.15) is 56.2 Å². The molecule has 0 saturated carbocycles. The minimum absolute atomic E-state index is 0.0763. The van der Waals surface area contributed by atoms with Crippen LogP contribution < -0.4 is 10.2 Å². The van der Waals surface area contributed by atoms with E-state index in [-0.39, 0.29) is 29.1 Å². The first kappa shape index (κ1) is 28.1. The van der Waals surface area contributed by atoms with Crippen LogP contribution in [0.25, 0.3) is 0 Å². The number of esters is 1. The van der Waals surface area contributed by atoms with Crippen molar-refractivity contribution in [3.05, 3.63) is 99.6 Å². The highest BCUT2D eigenvalue weighted by atomic mass is 16.5. The Morgan fingerprint density at radius 2 is 1.64 bits per heavy atom. The molecular formula is C31H36N2O6. The van der Waals surface area contributed by atoms with Crippen molar-refractivity contribution >= 4 is 11.9 Å². The van der Waals surface area contributed by atoms with Gasteiger partial charge in [0.2, 0.25) is 17.3 Å². The van der Waals surface area contributed by atoms with E-state index in [1.54, 1.807) is 17.0 Å². The number of amides is 1. The standard InChI is InChI=1S/C31H36N2O6/c1-22(34)39-29(24-8-6-5-7-9-24)30(36)33-16-14-32(15-17-33)19-26-18-27(35)28(21-37-26)38-20-23-10-12-25(13-11-23)31(2,3)4/h5-13,18,21,29H,14-17,19-20H2,1-4H3/t29-/m0/s1. The summed E-state index contributed by atoms with van der Waals surface area (Å²) in [6.07, 6.45) is 0.405. The van der Waals surface area contributed by atoms with Crippen molar-refractivity contribution in [2.75, 3.05) is 26.2 Å². The lowest BCUT2D eigenvalue weighted by molar-refractivity contribution is -0.160. The van der Waals surface area contributed by atoms with E-state index in [4.69, 9.17) is 13.9 Å². The van der Waals surface area contributed by atoms with Gasteiger partial charge < -0.3 is 18.8 Å². The summed E-state index contributed by atoms with van der Waals surface area (Å²) in [5.41, 5.74) is 2.70. The first-order valence-corrected chi connectivity index (χ1v) is 13.2. The predicted octanol–water partition coefficient (Wildman–Crippen LogP) is 4.46. The van der Waals surface area contributed by atoms with Gasteiger partial charge in [0.05, 0.1) is 6.54 Å². The van der Waals surface area contributed by atoms with Crippen molar-refractivity contribution < 1.29 is 23.5 Å². The second-order valence-corrected chi connectivity index (χ2v) is 10.8. The van der Waals surface area contributed by atoms with Crippen LogP contribution in [-0.2, 0) is 32.9 Å². The van der Waals surface area contributed by atoms with Gasteiger partial charge in [0, 0.05) is 44.7 Å². The molecule has 3 aromatic rings. The monoisotopic (exact) mass is 532 g/mol. The molecule has 39 heavy (non-hydrogen) atoms. The summed E-state index contributed by atoms with van der Waals surface area (Å²) in [5, 5.41) is 0. The van der Waals surface area contributed by atoms with E-state index in [9.17, 15) is 14.4 Å². The number of carbonyl (C=O) groups excluding carboxylic acids is 2. The Morgan fingerprint density at radius 1 is 0.974 bits per heavy atom. The highest BCUT2D eigenvalue weighted by molar-refractivity contribution is 5.84. The molecule has 0 radical (unpaired) electrons. The molecule has 1 saturated heterocycles. The van der Waals surface area contributed by atoms with Gasteiger partial charge in [-0.05, 0) is 16.5 Å². The smallest absolute Gasteiger partial charge is 0.303 e. The normalized spacial score (nSPS) is 15.0. The molecule has 4 rings (SSSR count). The van der Waals surface area contributed by atoms with Gasteiger partial charge in [-0.15, -0.1) is 0 Å². The van der Waals surface area contributed by atoms with Crippen molar-refractivity contribution in [3.63, 3.8) is 0 Å². The molecular weight excluding hydrogens is 496 g/mol. The zero-order valence-electron chi connectivity index (χ0n) is 23.0. The highest BCUT2D eigenvalue weighted by Crippen LogP contribution is 2.23. The van der Waals surface area contributed by atoms with E-state index in [0.29, 0.717) is 44.0 Å². The van der Waals surface area contributed by atoms with Crippen molar-refractivity contribution in [1.29, 1.82) is 0 Å². The second-order valence-electron chi connectivity index (χ2n) is 10.8. The lowest BCUT2D eigenvalue weighted by Crippen LogP contribution is -2.50. The summed E-state index contributed by atoms with van der Waals surface area (Å²) in [6, 6.07) is 18.7. The van der Waals surface area contributed by atoms with Gasteiger partial charge in [0.25, 0.3) is 5.91 Å². The predicted molar refractivity (Wildman–Crippen MR) is 147 cm³/mol. The Bertz CT molecular complexity index is 1320. The van der Waals surface area contributed by atoms with Crippen molar-refractivity contribution in [2.24, 2.45) is 0 Å². The molecule has 1 aliphatic rings. The first-order valence-electron chi connectivity index (χ1n) is 13.2. The van der Waals surface area contributed by atoms with Gasteiger partial charge in [0.1, 0.15) is 18.6 Å². The van der Waals surface area contributed by atoms with E-state index >= 15 is 0 Å². The third-order valence-corrected chi connectivity index (χ3v) is 6.74. The van der Waals surface area contributed by atoms with Crippen LogP contribution in [0.15, 0.2) is 76.1 Å². The van der Waals surface area contributed by atoms with Crippen LogP contribution in [0.3, 0.4) is 0 Å². The zero-order chi connectivity index (χ0) is 28.0. The summed E-state index contributed by atoms with van der Waals surface area (Å²) >= 11 is 0. The Kier molecular flexibility index (Phi) is 8.86. The lowest BCUT2D eigenvalue weighted by atomic mass is 9.87. The summed E-state index contributed by atoms with van der Waals surface area (Å²) in [7, 11) is 0. The van der Waals surface area contributed by atoms with Gasteiger partial charge in [-0.25, -0.2) is 0 Å². The van der Waals surface area contributed by atoms with Crippen LogP contribution in [-0.4, -0.2) is 47.9 Å². The van der Waals surface area contributed by atoms with E-state index in [1.807, 2.05) is 30.3 Å². The third-order valence-electron chi connectivity index (χ3n) is 6.74. The molecule has 2 heterocycles. The average molecular weight is 533 g/mol. The number of nitrogens with zero attached hydrogens (tertiary/aromatic N) is 2. The van der Waals surface area contributed by atoms with Gasteiger partial charge in [-0.2, -0.15) is 0 Å². The summed E-state index contributed by atoms with van der Waals surface area (Å²) in [5.74, 6) is -0.0379.